The number of hydrogen-bond donors (Lipinski definition) is 1. The number of aromatic nitrogens is 2. The van der Waals surface area contributed by atoms with Crippen LogP contribution in [0.2, 0.25) is 10.0 Å². The average Bonchev–Trinajstić information content (AvgIpc) is 2.67. The van der Waals surface area contributed by atoms with E-state index in [1.807, 2.05) is 0 Å². The van der Waals surface area contributed by atoms with E-state index in [-0.39, 0.29) is 5.69 Å². The maximum Gasteiger partial charge on any atom is 0.354 e. The molecule has 0 aliphatic carbocycles. The molecule has 0 aliphatic heterocycles. The van der Waals surface area contributed by atoms with Crippen molar-refractivity contribution in [3.63, 3.8) is 0 Å². The third-order valence-electron chi connectivity index (χ3n) is 2.63. The Morgan fingerprint density at radius 1 is 1.44 bits per heavy atom. The zero-order chi connectivity index (χ0) is 13.3. The third-order valence-corrected chi connectivity index (χ3v) is 3.49. The molecule has 1 N–H and O–H groups in total. The highest BCUT2D eigenvalue weighted by molar-refractivity contribution is 6.42. The van der Waals surface area contributed by atoms with Gasteiger partial charge in [-0.1, -0.05) is 35.3 Å². The topological polar surface area (TPSA) is 55.1 Å². The van der Waals surface area contributed by atoms with Crippen molar-refractivity contribution in [3.8, 4) is 0 Å². The number of aryl methyl sites for hydroxylation is 1. The second-order valence-corrected chi connectivity index (χ2v) is 4.58. The van der Waals surface area contributed by atoms with Crippen LogP contribution in [-0.2, 0) is 6.54 Å². The second-order valence-electron chi connectivity index (χ2n) is 3.79. The van der Waals surface area contributed by atoms with Crippen LogP contribution >= 0.6 is 23.2 Å². The van der Waals surface area contributed by atoms with Crippen molar-refractivity contribution in [3.05, 3.63) is 51.5 Å². The van der Waals surface area contributed by atoms with Crippen molar-refractivity contribution >= 4 is 29.2 Å². The lowest BCUT2D eigenvalue weighted by Gasteiger charge is -2.10. The van der Waals surface area contributed by atoms with Gasteiger partial charge in [0.2, 0.25) is 0 Å². The second kappa shape index (κ2) is 5.00. The molecular weight excluding hydrogens is 275 g/mol. The van der Waals surface area contributed by atoms with E-state index in [0.29, 0.717) is 22.4 Å². The molecule has 0 amide bonds. The fourth-order valence-electron chi connectivity index (χ4n) is 1.68. The number of carboxylic acid groups (broad SMARTS) is 1. The lowest BCUT2D eigenvalue weighted by atomic mass is 10.2. The summed E-state index contributed by atoms with van der Waals surface area (Å²) >= 11 is 12.0. The van der Waals surface area contributed by atoms with Crippen LogP contribution in [0.1, 0.15) is 21.9 Å². The molecule has 4 nitrogen and oxygen atoms in total. The number of aromatic carboxylic acids is 1. The van der Waals surface area contributed by atoms with Crippen LogP contribution in [0.4, 0.5) is 0 Å². The molecule has 0 saturated carbocycles. The van der Waals surface area contributed by atoms with Crippen LogP contribution in [0.25, 0.3) is 0 Å². The van der Waals surface area contributed by atoms with Crippen molar-refractivity contribution in [1.82, 2.24) is 9.55 Å². The minimum Gasteiger partial charge on any atom is -0.477 e. The fraction of sp³-hybridized carbons (Fsp3) is 0.167. The van der Waals surface area contributed by atoms with E-state index >= 15 is 0 Å². The number of nitrogens with zero attached hydrogens (tertiary/aromatic N) is 2. The van der Waals surface area contributed by atoms with Crippen molar-refractivity contribution in [2.45, 2.75) is 13.5 Å². The van der Waals surface area contributed by atoms with Gasteiger partial charge in [0, 0.05) is 0 Å². The maximum absolute atomic E-state index is 11.1. The van der Waals surface area contributed by atoms with Gasteiger partial charge in [-0.25, -0.2) is 9.78 Å². The molecule has 0 radical (unpaired) electrons. The van der Waals surface area contributed by atoms with Gasteiger partial charge in [-0.05, 0) is 18.6 Å². The van der Waals surface area contributed by atoms with Crippen LogP contribution in [0.5, 0.6) is 0 Å². The summed E-state index contributed by atoms with van der Waals surface area (Å²) < 4.78 is 1.58. The third kappa shape index (κ3) is 2.35. The smallest absolute Gasteiger partial charge is 0.354 e. The Labute approximate surface area is 114 Å². The molecule has 1 aromatic carbocycles. The molecule has 18 heavy (non-hydrogen) atoms. The fourth-order valence-corrected chi connectivity index (χ4v) is 2.06. The Bertz CT molecular complexity index is 608. The Morgan fingerprint density at radius 3 is 2.83 bits per heavy atom. The molecule has 2 rings (SSSR count). The van der Waals surface area contributed by atoms with Gasteiger partial charge in [0.25, 0.3) is 0 Å². The summed E-state index contributed by atoms with van der Waals surface area (Å²) in [5.41, 5.74) is 0.885. The number of carbonyl (C=O) groups is 1. The first-order valence-corrected chi connectivity index (χ1v) is 5.94. The highest BCUT2D eigenvalue weighted by atomic mass is 35.5. The molecule has 0 unspecified atom stereocenters. The molecule has 0 fully saturated rings. The van der Waals surface area contributed by atoms with Crippen LogP contribution in [0, 0.1) is 6.92 Å². The van der Waals surface area contributed by atoms with E-state index in [1.165, 1.54) is 6.20 Å². The summed E-state index contributed by atoms with van der Waals surface area (Å²) in [7, 11) is 0. The predicted octanol–water partition coefficient (Wildman–Crippen LogP) is 3.24. The Kier molecular flexibility index (Phi) is 3.59. The molecule has 1 heterocycles. The van der Waals surface area contributed by atoms with Gasteiger partial charge in [0.1, 0.15) is 11.5 Å². The van der Waals surface area contributed by atoms with Crippen molar-refractivity contribution in [1.29, 1.82) is 0 Å². The van der Waals surface area contributed by atoms with Gasteiger partial charge < -0.3 is 9.67 Å². The van der Waals surface area contributed by atoms with E-state index < -0.39 is 5.97 Å². The Morgan fingerprint density at radius 2 is 2.17 bits per heavy atom. The van der Waals surface area contributed by atoms with Gasteiger partial charge in [0.15, 0.2) is 0 Å². The Balaban J connectivity index is 2.43. The highest BCUT2D eigenvalue weighted by Crippen LogP contribution is 2.26. The van der Waals surface area contributed by atoms with Gasteiger partial charge in [-0.3, -0.25) is 0 Å². The van der Waals surface area contributed by atoms with Gasteiger partial charge in [0.05, 0.1) is 22.8 Å². The monoisotopic (exact) mass is 284 g/mol. The van der Waals surface area contributed by atoms with E-state index in [1.54, 1.807) is 29.7 Å². The molecule has 6 heteroatoms. The molecule has 0 bridgehead atoms. The van der Waals surface area contributed by atoms with Crippen molar-refractivity contribution < 1.29 is 9.90 Å². The zero-order valence-electron chi connectivity index (χ0n) is 9.52. The molecule has 0 aliphatic rings. The molecule has 2 aromatic rings. The Hall–Kier alpha value is -1.52. The summed E-state index contributed by atoms with van der Waals surface area (Å²) in [4.78, 5) is 15.0. The summed E-state index contributed by atoms with van der Waals surface area (Å²) in [6.07, 6.45) is 1.33. The van der Waals surface area contributed by atoms with Gasteiger partial charge in [-0.2, -0.15) is 0 Å². The summed E-state index contributed by atoms with van der Waals surface area (Å²) in [6, 6.07) is 5.27. The van der Waals surface area contributed by atoms with Crippen LogP contribution < -0.4 is 0 Å². The van der Waals surface area contributed by atoms with Crippen molar-refractivity contribution in [2.24, 2.45) is 0 Å². The average molecular weight is 285 g/mol. The first-order valence-electron chi connectivity index (χ1n) is 5.19. The van der Waals surface area contributed by atoms with Crippen LogP contribution in [0.15, 0.2) is 24.4 Å². The molecule has 0 saturated heterocycles. The first kappa shape index (κ1) is 12.9. The van der Waals surface area contributed by atoms with Gasteiger partial charge in [-0.15, -0.1) is 0 Å². The minimum absolute atomic E-state index is 0.128. The molecule has 1 aromatic heterocycles. The van der Waals surface area contributed by atoms with Gasteiger partial charge >= 0.3 is 5.97 Å². The number of benzene rings is 1. The lowest BCUT2D eigenvalue weighted by molar-refractivity contribution is 0.0685. The zero-order valence-corrected chi connectivity index (χ0v) is 11.0. The minimum atomic E-state index is -1.02. The maximum atomic E-state index is 11.1. The molecular formula is C12H10Cl2N2O2. The normalized spacial score (nSPS) is 10.6. The number of halogens is 2. The van der Waals surface area contributed by atoms with E-state index in [0.717, 1.165) is 5.56 Å². The molecule has 0 spiro atoms. The number of hydrogen-bond acceptors (Lipinski definition) is 2. The van der Waals surface area contributed by atoms with Crippen LogP contribution in [-0.4, -0.2) is 20.6 Å². The molecule has 94 valence electrons. The van der Waals surface area contributed by atoms with E-state index in [4.69, 9.17) is 28.3 Å². The van der Waals surface area contributed by atoms with Crippen molar-refractivity contribution in [2.75, 3.05) is 0 Å². The standard InChI is InChI=1S/C12H10Cl2N2O2/c1-7-15-5-10(12(17)18)16(7)6-8-3-2-4-9(13)11(8)14/h2-5H,6H2,1H3,(H,17,18). The summed E-state index contributed by atoms with van der Waals surface area (Å²) in [5, 5.41) is 9.94. The number of rotatable bonds is 3. The lowest BCUT2D eigenvalue weighted by Crippen LogP contribution is -2.11. The SMILES string of the molecule is Cc1ncc(C(=O)O)n1Cc1cccc(Cl)c1Cl. The predicted molar refractivity (Wildman–Crippen MR) is 69.5 cm³/mol. The quantitative estimate of drug-likeness (QED) is 0.941. The van der Waals surface area contributed by atoms with E-state index in [2.05, 4.69) is 4.98 Å². The first-order chi connectivity index (χ1) is 8.50. The van der Waals surface area contributed by atoms with Crippen LogP contribution in [0.3, 0.4) is 0 Å². The summed E-state index contributed by atoms with van der Waals surface area (Å²) in [6.45, 7) is 2.07. The number of carboxylic acids is 1. The molecule has 0 atom stereocenters. The largest absolute Gasteiger partial charge is 0.477 e. The summed E-state index contributed by atoms with van der Waals surface area (Å²) in [5.74, 6) is -0.405. The number of imidazole rings is 1. The highest BCUT2D eigenvalue weighted by Gasteiger charge is 2.15. The van der Waals surface area contributed by atoms with E-state index in [9.17, 15) is 4.79 Å².